The highest BCUT2D eigenvalue weighted by molar-refractivity contribution is 7.90. The van der Waals surface area contributed by atoms with Gasteiger partial charge in [-0.2, -0.15) is 0 Å². The van der Waals surface area contributed by atoms with E-state index in [1.165, 1.54) is 6.26 Å². The van der Waals surface area contributed by atoms with Crippen LogP contribution >= 0.6 is 0 Å². The number of rotatable bonds is 8. The van der Waals surface area contributed by atoms with Gasteiger partial charge in [-0.1, -0.05) is 13.0 Å². The average molecular weight is 312 g/mol. The summed E-state index contributed by atoms with van der Waals surface area (Å²) in [6.07, 6.45) is 2.60. The first-order chi connectivity index (χ1) is 9.83. The number of benzene rings is 1. The van der Waals surface area contributed by atoms with Crippen LogP contribution in [0.15, 0.2) is 18.2 Å². The van der Waals surface area contributed by atoms with Crippen molar-refractivity contribution in [2.45, 2.75) is 26.7 Å². The second-order valence-electron chi connectivity index (χ2n) is 5.22. The van der Waals surface area contributed by atoms with Crippen LogP contribution in [-0.4, -0.2) is 39.4 Å². The van der Waals surface area contributed by atoms with Gasteiger partial charge in [0.1, 0.15) is 9.84 Å². The van der Waals surface area contributed by atoms with Crippen molar-refractivity contribution in [1.29, 1.82) is 0 Å². The van der Waals surface area contributed by atoms with E-state index in [2.05, 4.69) is 17.6 Å². The van der Waals surface area contributed by atoms with Gasteiger partial charge in [-0.3, -0.25) is 4.79 Å². The molecule has 0 atom stereocenters. The Morgan fingerprint density at radius 3 is 2.57 bits per heavy atom. The molecule has 118 valence electrons. The summed E-state index contributed by atoms with van der Waals surface area (Å²) in [7, 11) is -2.98. The third kappa shape index (κ3) is 6.62. The molecule has 6 heteroatoms. The standard InChI is InChI=1S/C15H24N2O3S/c1-4-8-16-14-11-12(2)6-7-13(14)15(18)17-9-5-10-21(3,19)20/h6-7,11,16H,4-5,8-10H2,1-3H3,(H,17,18). The number of hydrogen-bond donors (Lipinski definition) is 2. The van der Waals surface area contributed by atoms with E-state index in [-0.39, 0.29) is 11.7 Å². The SMILES string of the molecule is CCCNc1cc(C)ccc1C(=O)NCCCS(C)(=O)=O. The van der Waals surface area contributed by atoms with E-state index >= 15 is 0 Å². The Labute approximate surface area is 127 Å². The summed E-state index contributed by atoms with van der Waals surface area (Å²) in [4.78, 5) is 12.2. The molecule has 0 bridgehead atoms. The minimum Gasteiger partial charge on any atom is -0.384 e. The fraction of sp³-hybridized carbons (Fsp3) is 0.533. The normalized spacial score (nSPS) is 11.2. The smallest absolute Gasteiger partial charge is 0.253 e. The summed E-state index contributed by atoms with van der Waals surface area (Å²) in [6.45, 7) is 5.20. The van der Waals surface area contributed by atoms with E-state index < -0.39 is 9.84 Å². The van der Waals surface area contributed by atoms with Gasteiger partial charge in [-0.15, -0.1) is 0 Å². The molecule has 2 N–H and O–H groups in total. The lowest BCUT2D eigenvalue weighted by Crippen LogP contribution is -2.26. The Bertz CT molecular complexity index is 583. The molecule has 0 spiro atoms. The van der Waals surface area contributed by atoms with Crippen LogP contribution < -0.4 is 10.6 Å². The number of carbonyl (C=O) groups excluding carboxylic acids is 1. The maximum Gasteiger partial charge on any atom is 0.253 e. The molecule has 0 aliphatic rings. The van der Waals surface area contributed by atoms with Gasteiger partial charge < -0.3 is 10.6 Å². The second-order valence-corrected chi connectivity index (χ2v) is 7.47. The second kappa shape index (κ2) is 8.02. The molecule has 0 aliphatic heterocycles. The van der Waals surface area contributed by atoms with Crippen molar-refractivity contribution < 1.29 is 13.2 Å². The van der Waals surface area contributed by atoms with Crippen LogP contribution in [0.3, 0.4) is 0 Å². The molecule has 5 nitrogen and oxygen atoms in total. The van der Waals surface area contributed by atoms with Crippen LogP contribution in [0.2, 0.25) is 0 Å². The summed E-state index contributed by atoms with van der Waals surface area (Å²) in [5.74, 6) is -0.0932. The first-order valence-corrected chi connectivity index (χ1v) is 9.20. The summed E-state index contributed by atoms with van der Waals surface area (Å²) in [5, 5.41) is 6.01. The molecule has 1 aromatic carbocycles. The number of amides is 1. The topological polar surface area (TPSA) is 75.3 Å². The van der Waals surface area contributed by atoms with Crippen LogP contribution in [0, 0.1) is 6.92 Å². The predicted molar refractivity (Wildman–Crippen MR) is 86.6 cm³/mol. The number of carbonyl (C=O) groups is 1. The molecule has 0 radical (unpaired) electrons. The highest BCUT2D eigenvalue weighted by atomic mass is 32.2. The number of hydrogen-bond acceptors (Lipinski definition) is 4. The lowest BCUT2D eigenvalue weighted by molar-refractivity contribution is 0.0954. The maximum absolute atomic E-state index is 12.2. The molecular formula is C15H24N2O3S. The van der Waals surface area contributed by atoms with Gasteiger partial charge in [-0.25, -0.2) is 8.42 Å². The van der Waals surface area contributed by atoms with E-state index in [1.54, 1.807) is 6.07 Å². The lowest BCUT2D eigenvalue weighted by atomic mass is 10.1. The Balaban J connectivity index is 2.64. The molecule has 0 saturated carbocycles. The highest BCUT2D eigenvalue weighted by Gasteiger charge is 2.11. The van der Waals surface area contributed by atoms with Crippen molar-refractivity contribution >= 4 is 21.4 Å². The third-order valence-corrected chi connectivity index (χ3v) is 3.99. The summed E-state index contributed by atoms with van der Waals surface area (Å²) in [5.41, 5.74) is 2.49. The summed E-state index contributed by atoms with van der Waals surface area (Å²) >= 11 is 0. The average Bonchev–Trinajstić information content (AvgIpc) is 2.40. The molecule has 0 aliphatic carbocycles. The van der Waals surface area contributed by atoms with Crippen molar-refractivity contribution in [3.05, 3.63) is 29.3 Å². The van der Waals surface area contributed by atoms with Crippen LogP contribution in [0.4, 0.5) is 5.69 Å². The van der Waals surface area contributed by atoms with E-state index in [0.29, 0.717) is 18.5 Å². The quantitative estimate of drug-likeness (QED) is 0.720. The molecule has 1 rings (SSSR count). The number of aryl methyl sites for hydroxylation is 1. The van der Waals surface area contributed by atoms with Gasteiger partial charge in [0.2, 0.25) is 0 Å². The fourth-order valence-electron chi connectivity index (χ4n) is 1.89. The van der Waals surface area contributed by atoms with E-state index in [4.69, 9.17) is 0 Å². The summed E-state index contributed by atoms with van der Waals surface area (Å²) < 4.78 is 22.1. The van der Waals surface area contributed by atoms with Gasteiger partial charge in [0.15, 0.2) is 0 Å². The molecule has 0 aromatic heterocycles. The maximum atomic E-state index is 12.2. The van der Waals surface area contributed by atoms with Crippen molar-refractivity contribution in [2.75, 3.05) is 30.4 Å². The van der Waals surface area contributed by atoms with Gasteiger partial charge in [-0.05, 0) is 37.5 Å². The zero-order valence-electron chi connectivity index (χ0n) is 12.9. The Kier molecular flexibility index (Phi) is 6.68. The van der Waals surface area contributed by atoms with Crippen molar-refractivity contribution in [3.8, 4) is 0 Å². The molecule has 0 saturated heterocycles. The molecule has 0 heterocycles. The Morgan fingerprint density at radius 1 is 1.24 bits per heavy atom. The van der Waals surface area contributed by atoms with Crippen LogP contribution in [0.5, 0.6) is 0 Å². The fourth-order valence-corrected chi connectivity index (χ4v) is 2.56. The lowest BCUT2D eigenvalue weighted by Gasteiger charge is -2.12. The number of anilines is 1. The predicted octanol–water partition coefficient (Wildman–Crippen LogP) is 1.98. The molecule has 0 unspecified atom stereocenters. The molecule has 21 heavy (non-hydrogen) atoms. The zero-order valence-corrected chi connectivity index (χ0v) is 13.7. The number of nitrogens with one attached hydrogen (secondary N) is 2. The molecule has 0 fully saturated rings. The van der Waals surface area contributed by atoms with Crippen molar-refractivity contribution in [2.24, 2.45) is 0 Å². The van der Waals surface area contributed by atoms with Gasteiger partial charge >= 0.3 is 0 Å². The highest BCUT2D eigenvalue weighted by Crippen LogP contribution is 2.17. The Morgan fingerprint density at radius 2 is 1.95 bits per heavy atom. The zero-order chi connectivity index (χ0) is 15.9. The Hall–Kier alpha value is -1.56. The first kappa shape index (κ1) is 17.5. The van der Waals surface area contributed by atoms with Gasteiger partial charge in [0.25, 0.3) is 5.91 Å². The van der Waals surface area contributed by atoms with E-state index in [0.717, 1.165) is 24.2 Å². The van der Waals surface area contributed by atoms with Crippen molar-refractivity contribution in [3.63, 3.8) is 0 Å². The third-order valence-electron chi connectivity index (χ3n) is 2.96. The van der Waals surface area contributed by atoms with Crippen LogP contribution in [0.1, 0.15) is 35.7 Å². The van der Waals surface area contributed by atoms with Crippen LogP contribution in [-0.2, 0) is 9.84 Å². The number of sulfone groups is 1. The van der Waals surface area contributed by atoms with E-state index in [9.17, 15) is 13.2 Å². The monoisotopic (exact) mass is 312 g/mol. The molecular weight excluding hydrogens is 288 g/mol. The summed E-state index contributed by atoms with van der Waals surface area (Å²) in [6, 6.07) is 5.63. The molecule has 1 amide bonds. The largest absolute Gasteiger partial charge is 0.384 e. The first-order valence-electron chi connectivity index (χ1n) is 7.14. The van der Waals surface area contributed by atoms with Gasteiger partial charge in [0, 0.05) is 25.0 Å². The van der Waals surface area contributed by atoms with E-state index in [1.807, 2.05) is 19.1 Å². The minimum absolute atomic E-state index is 0.0854. The van der Waals surface area contributed by atoms with Crippen LogP contribution in [0.25, 0.3) is 0 Å². The minimum atomic E-state index is -2.98. The van der Waals surface area contributed by atoms with Gasteiger partial charge in [0.05, 0.1) is 11.3 Å². The van der Waals surface area contributed by atoms with Crippen molar-refractivity contribution in [1.82, 2.24) is 5.32 Å². The molecule has 1 aromatic rings.